The minimum atomic E-state index is -0.506. The van der Waals surface area contributed by atoms with Crippen molar-refractivity contribution in [3.8, 4) is 0 Å². The molecular weight excluding hydrogens is 158 g/mol. The van der Waals surface area contributed by atoms with Crippen molar-refractivity contribution in [2.75, 3.05) is 0 Å². The van der Waals surface area contributed by atoms with Crippen molar-refractivity contribution in [1.82, 2.24) is 5.27 Å². The van der Waals surface area contributed by atoms with Crippen LogP contribution in [0.5, 0.6) is 0 Å². The van der Waals surface area contributed by atoms with Gasteiger partial charge in [0.25, 0.3) is 0 Å². The number of hydrogen-bond acceptors (Lipinski definition) is 3. The lowest BCUT2D eigenvalue weighted by Crippen LogP contribution is -2.50. The molecule has 0 aliphatic carbocycles. The number of hydrogen-bond donors (Lipinski definition) is 0. The molecule has 0 bridgehead atoms. The zero-order valence-corrected chi connectivity index (χ0v) is 7.29. The van der Waals surface area contributed by atoms with Gasteiger partial charge in [0.05, 0.1) is 5.41 Å². The maximum Gasteiger partial charge on any atom is 0.425 e. The first-order valence-corrected chi connectivity index (χ1v) is 3.56. The Bertz CT molecular complexity index is 298. The summed E-state index contributed by atoms with van der Waals surface area (Å²) in [5, 5.41) is 3.39. The van der Waals surface area contributed by atoms with Gasteiger partial charge in [0, 0.05) is 4.68 Å². The fourth-order valence-corrected chi connectivity index (χ4v) is 0.686. The Morgan fingerprint density at radius 3 is 2.58 bits per heavy atom. The number of carbonyl (C=O) groups is 1. The third-order valence-corrected chi connectivity index (χ3v) is 1.32. The van der Waals surface area contributed by atoms with E-state index in [0.717, 1.165) is 4.68 Å². The maximum atomic E-state index is 11.4. The van der Waals surface area contributed by atoms with E-state index in [9.17, 15) is 4.79 Å². The largest absolute Gasteiger partial charge is 0.660 e. The molecule has 0 aromatic carbocycles. The summed E-state index contributed by atoms with van der Waals surface area (Å²) in [6, 6.07) is 0. The molecule has 1 rings (SSSR count). The second kappa shape index (κ2) is 2.58. The van der Waals surface area contributed by atoms with Crippen molar-refractivity contribution in [2.45, 2.75) is 20.8 Å². The molecule has 0 amide bonds. The Hall–Kier alpha value is -1.39. The first-order valence-electron chi connectivity index (χ1n) is 3.56. The summed E-state index contributed by atoms with van der Waals surface area (Å²) in [5.41, 5.74) is 6.51. The topological polar surface area (TPSA) is 70.8 Å². The van der Waals surface area contributed by atoms with E-state index in [1.807, 2.05) is 0 Å². The highest BCUT2D eigenvalue weighted by Crippen LogP contribution is 2.13. The Labute approximate surface area is 70.1 Å². The van der Waals surface area contributed by atoms with E-state index >= 15 is 0 Å². The van der Waals surface area contributed by atoms with Crippen LogP contribution in [-0.4, -0.2) is 11.2 Å². The average Bonchev–Trinajstić information content (AvgIpc) is 2.32. The Kier molecular flexibility index (Phi) is 1.87. The zero-order valence-electron chi connectivity index (χ0n) is 7.29. The molecule has 0 radical (unpaired) electrons. The lowest BCUT2D eigenvalue weighted by atomic mass is 9.96. The number of carbonyl (C=O) groups excluding carboxylic acids is 1. The summed E-state index contributed by atoms with van der Waals surface area (Å²) in [6.45, 7) is 5.34. The van der Waals surface area contributed by atoms with Gasteiger partial charge >= 0.3 is 5.91 Å². The van der Waals surface area contributed by atoms with E-state index < -0.39 is 5.41 Å². The van der Waals surface area contributed by atoms with Crippen molar-refractivity contribution in [3.05, 3.63) is 11.9 Å². The molecule has 1 N–H and O–H groups in total. The van der Waals surface area contributed by atoms with Crippen molar-refractivity contribution in [2.24, 2.45) is 5.41 Å². The van der Waals surface area contributed by atoms with Crippen LogP contribution in [0.3, 0.4) is 0 Å². The van der Waals surface area contributed by atoms with Gasteiger partial charge in [-0.05, 0) is 20.8 Å². The SMILES string of the molecule is CC(C)(C)C(=O)[n+]1cc([NH-])on1. The molecule has 1 heterocycles. The van der Waals surface area contributed by atoms with Crippen LogP contribution in [0.2, 0.25) is 0 Å². The van der Waals surface area contributed by atoms with Crippen LogP contribution in [0, 0.1) is 5.41 Å². The van der Waals surface area contributed by atoms with Crippen molar-refractivity contribution < 1.29 is 14.0 Å². The molecular formula is C7H11N3O2. The second-order valence-corrected chi connectivity index (χ2v) is 3.57. The molecule has 0 saturated heterocycles. The van der Waals surface area contributed by atoms with Gasteiger partial charge in [-0.1, -0.05) is 0 Å². The predicted octanol–water partition coefficient (Wildman–Crippen LogP) is 1.33. The van der Waals surface area contributed by atoms with Crippen LogP contribution in [0.15, 0.2) is 10.7 Å². The molecule has 0 fully saturated rings. The molecule has 12 heavy (non-hydrogen) atoms. The monoisotopic (exact) mass is 169 g/mol. The maximum absolute atomic E-state index is 11.4. The fourth-order valence-electron chi connectivity index (χ4n) is 0.686. The van der Waals surface area contributed by atoms with Gasteiger partial charge in [-0.15, -0.1) is 0 Å². The summed E-state index contributed by atoms with van der Waals surface area (Å²) in [6.07, 6.45) is 1.24. The summed E-state index contributed by atoms with van der Waals surface area (Å²) in [5.74, 6) is -0.308. The number of aromatic nitrogens is 2. The molecule has 0 atom stereocenters. The molecule has 66 valence electrons. The van der Waals surface area contributed by atoms with E-state index in [4.69, 9.17) is 5.73 Å². The van der Waals surface area contributed by atoms with Crippen LogP contribution in [0.1, 0.15) is 25.6 Å². The molecule has 5 nitrogen and oxygen atoms in total. The zero-order chi connectivity index (χ0) is 9.35. The summed E-state index contributed by atoms with van der Waals surface area (Å²) >= 11 is 0. The fraction of sp³-hybridized carbons (Fsp3) is 0.571. The summed E-state index contributed by atoms with van der Waals surface area (Å²) in [7, 11) is 0. The van der Waals surface area contributed by atoms with E-state index in [2.05, 4.69) is 9.79 Å². The smallest absolute Gasteiger partial charge is 0.425 e. The number of nitrogens with zero attached hydrogens (tertiary/aromatic N) is 2. The number of rotatable bonds is 0. The van der Waals surface area contributed by atoms with E-state index in [-0.39, 0.29) is 11.8 Å². The summed E-state index contributed by atoms with van der Waals surface area (Å²) < 4.78 is 5.48. The molecule has 5 heteroatoms. The van der Waals surface area contributed by atoms with Crippen molar-refractivity contribution in [1.29, 1.82) is 0 Å². The average molecular weight is 169 g/mol. The van der Waals surface area contributed by atoms with Crippen LogP contribution in [-0.2, 0) is 0 Å². The minimum absolute atomic E-state index is 0.118. The molecule has 0 saturated carbocycles. The minimum Gasteiger partial charge on any atom is -0.660 e. The molecule has 0 unspecified atom stereocenters. The van der Waals surface area contributed by atoms with E-state index in [1.54, 1.807) is 20.8 Å². The third kappa shape index (κ3) is 1.61. The molecule has 0 aliphatic heterocycles. The van der Waals surface area contributed by atoms with Crippen LogP contribution in [0.4, 0.5) is 5.88 Å². The van der Waals surface area contributed by atoms with Crippen LogP contribution < -0.4 is 4.68 Å². The normalized spacial score (nSPS) is 11.6. The van der Waals surface area contributed by atoms with Crippen molar-refractivity contribution in [3.63, 3.8) is 0 Å². The molecule has 0 aliphatic rings. The Morgan fingerprint density at radius 1 is 1.67 bits per heavy atom. The Balaban J connectivity index is 2.93. The van der Waals surface area contributed by atoms with Gasteiger partial charge in [-0.2, -0.15) is 0 Å². The van der Waals surface area contributed by atoms with Crippen LogP contribution >= 0.6 is 0 Å². The highest BCUT2D eigenvalue weighted by atomic mass is 16.5. The van der Waals surface area contributed by atoms with Gasteiger partial charge in [-0.25, -0.2) is 4.79 Å². The predicted molar refractivity (Wildman–Crippen MR) is 40.8 cm³/mol. The summed E-state index contributed by atoms with van der Waals surface area (Å²) in [4.78, 5) is 11.4. The quantitative estimate of drug-likeness (QED) is 0.550. The molecule has 1 aromatic rings. The first kappa shape index (κ1) is 8.70. The van der Waals surface area contributed by atoms with Crippen molar-refractivity contribution >= 4 is 11.8 Å². The lowest BCUT2D eigenvalue weighted by molar-refractivity contribution is -0.653. The van der Waals surface area contributed by atoms with Gasteiger partial charge in [-0.3, -0.25) is 0 Å². The van der Waals surface area contributed by atoms with E-state index in [1.165, 1.54) is 6.20 Å². The van der Waals surface area contributed by atoms with Crippen LogP contribution in [0.25, 0.3) is 5.73 Å². The first-order chi connectivity index (χ1) is 5.41. The van der Waals surface area contributed by atoms with Gasteiger partial charge in [0.1, 0.15) is 5.88 Å². The van der Waals surface area contributed by atoms with Gasteiger partial charge < -0.3 is 10.3 Å². The molecule has 0 spiro atoms. The van der Waals surface area contributed by atoms with Gasteiger partial charge in [0.2, 0.25) is 11.5 Å². The van der Waals surface area contributed by atoms with Gasteiger partial charge in [0.15, 0.2) is 0 Å². The lowest BCUT2D eigenvalue weighted by Gasteiger charge is -2.06. The second-order valence-electron chi connectivity index (χ2n) is 3.57. The third-order valence-electron chi connectivity index (χ3n) is 1.32. The van der Waals surface area contributed by atoms with E-state index in [0.29, 0.717) is 0 Å². The highest BCUT2D eigenvalue weighted by molar-refractivity contribution is 5.72. The molecule has 1 aromatic heterocycles. The standard InChI is InChI=1S/C7H11N3O2/c1-7(2,3)6(11)10-4-5(8)12-9-10/h4H,1-3H3,(H-,8,9). The highest BCUT2D eigenvalue weighted by Gasteiger charge is 2.33. The number of nitrogens with one attached hydrogen (secondary N) is 1. The Morgan fingerprint density at radius 2 is 2.25 bits per heavy atom.